The van der Waals surface area contributed by atoms with Crippen molar-refractivity contribution in [2.75, 3.05) is 26.9 Å². The molecule has 0 saturated heterocycles. The van der Waals surface area contributed by atoms with E-state index in [2.05, 4.69) is 16.7 Å². The van der Waals surface area contributed by atoms with Crippen LogP contribution < -0.4 is 15.4 Å². The van der Waals surface area contributed by atoms with Gasteiger partial charge in [-0.15, -0.1) is 0 Å². The number of benzene rings is 1. The van der Waals surface area contributed by atoms with Crippen LogP contribution in [-0.2, 0) is 4.74 Å². The summed E-state index contributed by atoms with van der Waals surface area (Å²) < 4.78 is 10.5. The van der Waals surface area contributed by atoms with Crippen LogP contribution in [-0.4, -0.2) is 38.9 Å². The minimum absolute atomic E-state index is 0.132. The van der Waals surface area contributed by atoms with Crippen LogP contribution >= 0.6 is 0 Å². The van der Waals surface area contributed by atoms with Crippen molar-refractivity contribution in [3.05, 3.63) is 29.8 Å². The maximum absolute atomic E-state index is 11.7. The maximum Gasteiger partial charge on any atom is 0.315 e. The molecule has 2 amide bonds. The summed E-state index contributed by atoms with van der Waals surface area (Å²) in [5, 5.41) is 5.75. The van der Waals surface area contributed by atoms with E-state index in [0.717, 1.165) is 17.7 Å². The van der Waals surface area contributed by atoms with Gasteiger partial charge in [-0.1, -0.05) is 18.2 Å². The number of rotatable bonds is 7. The zero-order valence-corrected chi connectivity index (χ0v) is 12.0. The molecule has 110 valence electrons. The zero-order valence-electron chi connectivity index (χ0n) is 12.0. The SMILES string of the molecule is CCOCCNC(=O)N[C@H]1C[C@@H]1c1ccccc1OC. The fourth-order valence-corrected chi connectivity index (χ4v) is 2.27. The van der Waals surface area contributed by atoms with E-state index in [1.54, 1.807) is 7.11 Å². The van der Waals surface area contributed by atoms with Gasteiger partial charge in [0, 0.05) is 25.1 Å². The van der Waals surface area contributed by atoms with Gasteiger partial charge in [0.15, 0.2) is 0 Å². The van der Waals surface area contributed by atoms with Crippen molar-refractivity contribution < 1.29 is 14.3 Å². The fraction of sp³-hybridized carbons (Fsp3) is 0.533. The van der Waals surface area contributed by atoms with Gasteiger partial charge in [-0.05, 0) is 25.0 Å². The zero-order chi connectivity index (χ0) is 14.4. The third-order valence-corrected chi connectivity index (χ3v) is 3.38. The lowest BCUT2D eigenvalue weighted by Crippen LogP contribution is -2.38. The Morgan fingerprint density at radius 1 is 1.40 bits per heavy atom. The van der Waals surface area contributed by atoms with Crippen LogP contribution in [0.3, 0.4) is 0 Å². The Hall–Kier alpha value is -1.75. The number of nitrogens with one attached hydrogen (secondary N) is 2. The molecule has 1 aromatic carbocycles. The van der Waals surface area contributed by atoms with Crippen LogP contribution in [0.1, 0.15) is 24.8 Å². The molecule has 2 rings (SSSR count). The predicted octanol–water partition coefficient (Wildman–Crippen LogP) is 1.89. The lowest BCUT2D eigenvalue weighted by Gasteiger charge is -2.09. The van der Waals surface area contributed by atoms with Crippen LogP contribution in [0.15, 0.2) is 24.3 Å². The van der Waals surface area contributed by atoms with E-state index in [4.69, 9.17) is 9.47 Å². The van der Waals surface area contributed by atoms with Crippen molar-refractivity contribution in [3.63, 3.8) is 0 Å². The van der Waals surface area contributed by atoms with Gasteiger partial charge in [-0.2, -0.15) is 0 Å². The summed E-state index contributed by atoms with van der Waals surface area (Å²) in [5.41, 5.74) is 1.16. The summed E-state index contributed by atoms with van der Waals surface area (Å²) in [7, 11) is 1.67. The average molecular weight is 278 g/mol. The molecule has 1 aromatic rings. The highest BCUT2D eigenvalue weighted by Crippen LogP contribution is 2.44. The largest absolute Gasteiger partial charge is 0.496 e. The molecule has 1 saturated carbocycles. The Morgan fingerprint density at radius 3 is 2.95 bits per heavy atom. The first-order chi connectivity index (χ1) is 9.76. The first-order valence-electron chi connectivity index (χ1n) is 7.01. The van der Waals surface area contributed by atoms with Gasteiger partial charge in [0.2, 0.25) is 0 Å². The molecular weight excluding hydrogens is 256 g/mol. The Morgan fingerprint density at radius 2 is 2.20 bits per heavy atom. The number of carbonyl (C=O) groups is 1. The van der Waals surface area contributed by atoms with Crippen LogP contribution in [0.4, 0.5) is 4.79 Å². The second-order valence-electron chi connectivity index (χ2n) is 4.79. The molecule has 0 bridgehead atoms. The van der Waals surface area contributed by atoms with Crippen molar-refractivity contribution >= 4 is 6.03 Å². The number of methoxy groups -OCH3 is 1. The van der Waals surface area contributed by atoms with Gasteiger partial charge < -0.3 is 20.1 Å². The van der Waals surface area contributed by atoms with Crippen molar-refractivity contribution in [1.29, 1.82) is 0 Å². The molecule has 1 aliphatic carbocycles. The fourth-order valence-electron chi connectivity index (χ4n) is 2.27. The van der Waals surface area contributed by atoms with Gasteiger partial charge in [0.25, 0.3) is 0 Å². The normalized spacial score (nSPS) is 20.3. The minimum atomic E-state index is -0.132. The molecule has 0 aromatic heterocycles. The maximum atomic E-state index is 11.7. The first-order valence-corrected chi connectivity index (χ1v) is 7.01. The molecular formula is C15H22N2O3. The standard InChI is InChI=1S/C15H22N2O3/c1-3-20-9-8-16-15(18)17-13-10-12(13)11-6-4-5-7-14(11)19-2/h4-7,12-13H,3,8-10H2,1-2H3,(H2,16,17,18)/t12-,13+/m1/s1. The second kappa shape index (κ2) is 7.14. The number of ether oxygens (including phenoxy) is 2. The molecule has 0 heterocycles. The first kappa shape index (κ1) is 14.7. The van der Waals surface area contributed by atoms with E-state index in [9.17, 15) is 4.79 Å². The van der Waals surface area contributed by atoms with E-state index >= 15 is 0 Å². The van der Waals surface area contributed by atoms with Gasteiger partial charge in [0.05, 0.1) is 13.7 Å². The number of hydrogen-bond acceptors (Lipinski definition) is 3. The number of amides is 2. The van der Waals surface area contributed by atoms with Gasteiger partial charge >= 0.3 is 6.03 Å². The molecule has 20 heavy (non-hydrogen) atoms. The quantitative estimate of drug-likeness (QED) is 0.749. The summed E-state index contributed by atoms with van der Waals surface area (Å²) in [5.74, 6) is 1.24. The Bertz CT molecular complexity index is 450. The Balaban J connectivity index is 1.76. The highest BCUT2D eigenvalue weighted by atomic mass is 16.5. The summed E-state index contributed by atoms with van der Waals surface area (Å²) in [4.78, 5) is 11.7. The number of urea groups is 1. The van der Waals surface area contributed by atoms with E-state index < -0.39 is 0 Å². The van der Waals surface area contributed by atoms with Crippen molar-refractivity contribution in [2.24, 2.45) is 0 Å². The van der Waals surface area contributed by atoms with Crippen molar-refractivity contribution in [1.82, 2.24) is 10.6 Å². The van der Waals surface area contributed by atoms with E-state index in [0.29, 0.717) is 25.7 Å². The topological polar surface area (TPSA) is 59.6 Å². The molecule has 0 unspecified atom stereocenters. The highest BCUT2D eigenvalue weighted by Gasteiger charge is 2.41. The summed E-state index contributed by atoms with van der Waals surface area (Å²) >= 11 is 0. The Kier molecular flexibility index (Phi) is 5.24. The predicted molar refractivity (Wildman–Crippen MR) is 77.2 cm³/mol. The molecule has 1 aliphatic rings. The van der Waals surface area contributed by atoms with Crippen LogP contribution in [0, 0.1) is 0 Å². The van der Waals surface area contributed by atoms with E-state index in [-0.39, 0.29) is 12.1 Å². The number of carbonyl (C=O) groups excluding carboxylic acids is 1. The Labute approximate surface area is 119 Å². The van der Waals surface area contributed by atoms with Gasteiger partial charge in [0.1, 0.15) is 5.75 Å². The third-order valence-electron chi connectivity index (χ3n) is 3.38. The molecule has 0 radical (unpaired) electrons. The highest BCUT2D eigenvalue weighted by molar-refractivity contribution is 5.75. The van der Waals surface area contributed by atoms with E-state index in [1.165, 1.54) is 0 Å². The summed E-state index contributed by atoms with van der Waals surface area (Å²) in [6, 6.07) is 8.01. The summed E-state index contributed by atoms with van der Waals surface area (Å²) in [6.45, 7) is 3.68. The van der Waals surface area contributed by atoms with Gasteiger partial charge in [-0.25, -0.2) is 4.79 Å². The number of hydrogen-bond donors (Lipinski definition) is 2. The molecule has 5 nitrogen and oxygen atoms in total. The lowest BCUT2D eigenvalue weighted by molar-refractivity contribution is 0.149. The monoisotopic (exact) mass is 278 g/mol. The van der Waals surface area contributed by atoms with Gasteiger partial charge in [-0.3, -0.25) is 0 Å². The average Bonchev–Trinajstić information content (AvgIpc) is 3.22. The molecule has 0 aliphatic heterocycles. The van der Waals surface area contributed by atoms with Crippen molar-refractivity contribution in [2.45, 2.75) is 25.3 Å². The summed E-state index contributed by atoms with van der Waals surface area (Å²) in [6.07, 6.45) is 0.958. The number of para-hydroxylation sites is 1. The smallest absolute Gasteiger partial charge is 0.315 e. The second-order valence-corrected chi connectivity index (χ2v) is 4.79. The molecule has 0 spiro atoms. The lowest BCUT2D eigenvalue weighted by atomic mass is 10.1. The van der Waals surface area contributed by atoms with Crippen LogP contribution in [0.5, 0.6) is 5.75 Å². The van der Waals surface area contributed by atoms with Crippen molar-refractivity contribution in [3.8, 4) is 5.75 Å². The molecule has 2 N–H and O–H groups in total. The van der Waals surface area contributed by atoms with Crippen LogP contribution in [0.2, 0.25) is 0 Å². The molecule has 2 atom stereocenters. The van der Waals surface area contributed by atoms with Crippen LogP contribution in [0.25, 0.3) is 0 Å². The minimum Gasteiger partial charge on any atom is -0.496 e. The molecule has 1 fully saturated rings. The third kappa shape index (κ3) is 3.87. The van der Waals surface area contributed by atoms with E-state index in [1.807, 2.05) is 25.1 Å². The molecule has 5 heteroatoms.